The van der Waals surface area contributed by atoms with Crippen molar-refractivity contribution in [2.45, 2.75) is 20.3 Å². The molecular weight excluding hydrogens is 178 g/mol. The molecule has 3 nitrogen and oxygen atoms in total. The van der Waals surface area contributed by atoms with Crippen LogP contribution in [0.4, 0.5) is 5.69 Å². The highest BCUT2D eigenvalue weighted by atomic mass is 16.4. The Balaban J connectivity index is 2.83. The van der Waals surface area contributed by atoms with Crippen molar-refractivity contribution in [1.82, 2.24) is 0 Å². The third-order valence-electron chi connectivity index (χ3n) is 2.18. The van der Waals surface area contributed by atoms with Crippen LogP contribution in [0.25, 0.3) is 0 Å². The van der Waals surface area contributed by atoms with Crippen molar-refractivity contribution < 1.29 is 9.90 Å². The van der Waals surface area contributed by atoms with Gasteiger partial charge in [-0.3, -0.25) is 4.79 Å². The number of carboxylic acid groups (broad SMARTS) is 1. The van der Waals surface area contributed by atoms with Gasteiger partial charge in [0.25, 0.3) is 0 Å². The molecule has 3 N–H and O–H groups in total. The lowest BCUT2D eigenvalue weighted by Gasteiger charge is -2.18. The number of carbonyl (C=O) groups is 1. The molecule has 1 aromatic carbocycles. The van der Waals surface area contributed by atoms with Gasteiger partial charge < -0.3 is 10.8 Å². The first kappa shape index (κ1) is 10.6. The normalized spacial score (nSPS) is 11.3. The molecule has 0 saturated heterocycles. The summed E-state index contributed by atoms with van der Waals surface area (Å²) in [4.78, 5) is 10.9. The molecule has 0 spiro atoms. The van der Waals surface area contributed by atoms with Gasteiger partial charge in [-0.25, -0.2) is 0 Å². The van der Waals surface area contributed by atoms with Crippen LogP contribution in [0, 0.1) is 5.41 Å². The molecule has 0 aliphatic rings. The Morgan fingerprint density at radius 2 is 2.14 bits per heavy atom. The third kappa shape index (κ3) is 2.49. The summed E-state index contributed by atoms with van der Waals surface area (Å²) in [6.07, 6.45) is 0.493. The second-order valence-corrected chi connectivity index (χ2v) is 4.11. The Kier molecular flexibility index (Phi) is 2.79. The molecule has 0 heterocycles. The predicted molar refractivity (Wildman–Crippen MR) is 56.0 cm³/mol. The summed E-state index contributed by atoms with van der Waals surface area (Å²) in [5, 5.41) is 8.94. The number of anilines is 1. The van der Waals surface area contributed by atoms with E-state index in [1.165, 1.54) is 0 Å². The average Bonchev–Trinajstić information content (AvgIpc) is 2.02. The Morgan fingerprint density at radius 3 is 2.64 bits per heavy atom. The molecule has 0 fully saturated rings. The van der Waals surface area contributed by atoms with Crippen molar-refractivity contribution in [2.24, 2.45) is 5.41 Å². The van der Waals surface area contributed by atoms with Gasteiger partial charge in [0.05, 0.1) is 5.41 Å². The number of benzene rings is 1. The second-order valence-electron chi connectivity index (χ2n) is 4.11. The molecule has 0 aliphatic carbocycles. The maximum atomic E-state index is 10.9. The van der Waals surface area contributed by atoms with Gasteiger partial charge >= 0.3 is 5.97 Å². The van der Waals surface area contributed by atoms with Crippen LogP contribution in [0.5, 0.6) is 0 Å². The summed E-state index contributed by atoms with van der Waals surface area (Å²) >= 11 is 0. The molecule has 0 aliphatic heterocycles. The van der Waals surface area contributed by atoms with Crippen LogP contribution in [0.3, 0.4) is 0 Å². The van der Waals surface area contributed by atoms with Gasteiger partial charge in [0.2, 0.25) is 0 Å². The first-order valence-corrected chi connectivity index (χ1v) is 4.49. The van der Waals surface area contributed by atoms with Crippen LogP contribution in [0.1, 0.15) is 19.4 Å². The number of carboxylic acids is 1. The number of nitrogen functional groups attached to an aromatic ring is 1. The zero-order valence-corrected chi connectivity index (χ0v) is 8.45. The lowest BCUT2D eigenvalue weighted by Crippen LogP contribution is -2.26. The van der Waals surface area contributed by atoms with Crippen LogP contribution in [0.15, 0.2) is 24.3 Å². The Labute approximate surface area is 83.6 Å². The molecule has 1 aromatic rings. The van der Waals surface area contributed by atoms with E-state index in [1.807, 2.05) is 18.2 Å². The summed E-state index contributed by atoms with van der Waals surface area (Å²) in [5.74, 6) is -0.792. The maximum Gasteiger partial charge on any atom is 0.309 e. The van der Waals surface area contributed by atoms with Gasteiger partial charge in [0.1, 0.15) is 0 Å². The van der Waals surface area contributed by atoms with E-state index in [2.05, 4.69) is 0 Å². The molecule has 0 unspecified atom stereocenters. The van der Waals surface area contributed by atoms with Gasteiger partial charge in [-0.2, -0.15) is 0 Å². The van der Waals surface area contributed by atoms with E-state index in [1.54, 1.807) is 19.9 Å². The Morgan fingerprint density at radius 1 is 1.50 bits per heavy atom. The number of hydrogen-bond acceptors (Lipinski definition) is 2. The first-order chi connectivity index (χ1) is 6.42. The van der Waals surface area contributed by atoms with Crippen LogP contribution < -0.4 is 5.73 Å². The molecule has 0 atom stereocenters. The van der Waals surface area contributed by atoms with Gasteiger partial charge in [-0.1, -0.05) is 12.1 Å². The highest BCUT2D eigenvalue weighted by Crippen LogP contribution is 2.22. The van der Waals surface area contributed by atoms with Crippen LogP contribution in [-0.2, 0) is 11.2 Å². The Hall–Kier alpha value is -1.51. The average molecular weight is 193 g/mol. The van der Waals surface area contributed by atoms with Crippen molar-refractivity contribution in [3.8, 4) is 0 Å². The Bertz CT molecular complexity index is 345. The molecule has 0 saturated carbocycles. The smallest absolute Gasteiger partial charge is 0.309 e. The highest BCUT2D eigenvalue weighted by Gasteiger charge is 2.27. The molecule has 1 rings (SSSR count). The highest BCUT2D eigenvalue weighted by molar-refractivity contribution is 5.74. The molecule has 3 heteroatoms. The molecule has 0 aromatic heterocycles. The van der Waals surface area contributed by atoms with Crippen LogP contribution in [0.2, 0.25) is 0 Å². The van der Waals surface area contributed by atoms with Crippen molar-refractivity contribution in [3.05, 3.63) is 29.8 Å². The SMILES string of the molecule is CC(C)(Cc1cccc(N)c1)C(=O)O. The van der Waals surface area contributed by atoms with Gasteiger partial charge in [0, 0.05) is 5.69 Å². The van der Waals surface area contributed by atoms with E-state index >= 15 is 0 Å². The first-order valence-electron chi connectivity index (χ1n) is 4.49. The lowest BCUT2D eigenvalue weighted by molar-refractivity contribution is -0.146. The minimum absolute atomic E-state index is 0.493. The monoisotopic (exact) mass is 193 g/mol. The van der Waals surface area contributed by atoms with Gasteiger partial charge in [-0.05, 0) is 38.0 Å². The minimum Gasteiger partial charge on any atom is -0.481 e. The fourth-order valence-corrected chi connectivity index (χ4v) is 1.29. The minimum atomic E-state index is -0.792. The van der Waals surface area contributed by atoms with E-state index in [0.717, 1.165) is 5.56 Å². The fraction of sp³-hybridized carbons (Fsp3) is 0.364. The summed E-state index contributed by atoms with van der Waals surface area (Å²) in [5.41, 5.74) is 6.49. The van der Waals surface area contributed by atoms with E-state index < -0.39 is 11.4 Å². The van der Waals surface area contributed by atoms with E-state index in [4.69, 9.17) is 10.8 Å². The van der Waals surface area contributed by atoms with Crippen molar-refractivity contribution in [2.75, 3.05) is 5.73 Å². The molecule has 0 bridgehead atoms. The van der Waals surface area contributed by atoms with E-state index in [-0.39, 0.29) is 0 Å². The van der Waals surface area contributed by atoms with Crippen molar-refractivity contribution in [3.63, 3.8) is 0 Å². The predicted octanol–water partition coefficient (Wildman–Crippen LogP) is 1.92. The zero-order valence-electron chi connectivity index (χ0n) is 8.45. The van der Waals surface area contributed by atoms with Gasteiger partial charge in [0.15, 0.2) is 0 Å². The topological polar surface area (TPSA) is 63.3 Å². The molecule has 76 valence electrons. The standard InChI is InChI=1S/C11H15NO2/c1-11(2,10(13)14)7-8-4-3-5-9(12)6-8/h3-6H,7,12H2,1-2H3,(H,13,14). The lowest BCUT2D eigenvalue weighted by atomic mass is 9.86. The molecular formula is C11H15NO2. The third-order valence-corrected chi connectivity index (χ3v) is 2.18. The number of rotatable bonds is 3. The number of nitrogens with two attached hydrogens (primary N) is 1. The van der Waals surface area contributed by atoms with E-state index in [9.17, 15) is 4.79 Å². The molecule has 0 amide bonds. The maximum absolute atomic E-state index is 10.9. The van der Waals surface area contributed by atoms with Gasteiger partial charge in [-0.15, -0.1) is 0 Å². The fourth-order valence-electron chi connectivity index (χ4n) is 1.29. The van der Waals surface area contributed by atoms with Crippen molar-refractivity contribution in [1.29, 1.82) is 0 Å². The quantitative estimate of drug-likeness (QED) is 0.721. The molecule has 0 radical (unpaired) electrons. The van der Waals surface area contributed by atoms with Crippen LogP contribution in [-0.4, -0.2) is 11.1 Å². The summed E-state index contributed by atoms with van der Waals surface area (Å²) in [7, 11) is 0. The summed E-state index contributed by atoms with van der Waals surface area (Å²) in [6.45, 7) is 3.41. The number of aliphatic carboxylic acids is 1. The second kappa shape index (κ2) is 3.70. The van der Waals surface area contributed by atoms with E-state index in [0.29, 0.717) is 12.1 Å². The van der Waals surface area contributed by atoms with Crippen molar-refractivity contribution >= 4 is 11.7 Å². The largest absolute Gasteiger partial charge is 0.481 e. The number of hydrogen-bond donors (Lipinski definition) is 2. The van der Waals surface area contributed by atoms with Crippen LogP contribution >= 0.6 is 0 Å². The summed E-state index contributed by atoms with van der Waals surface area (Å²) < 4.78 is 0. The molecule has 14 heavy (non-hydrogen) atoms. The zero-order chi connectivity index (χ0) is 10.8. The summed E-state index contributed by atoms with van der Waals surface area (Å²) in [6, 6.07) is 7.33.